The van der Waals surface area contributed by atoms with E-state index in [9.17, 15) is 5.11 Å². The summed E-state index contributed by atoms with van der Waals surface area (Å²) in [5.41, 5.74) is 1.80. The molecule has 1 N–H and O–H groups in total. The number of aliphatic hydroxyl groups is 1. The summed E-state index contributed by atoms with van der Waals surface area (Å²) < 4.78 is 15.9. The largest absolute Gasteiger partial charge is 0.493 e. The molecular formula is C18H23ClN2O4. The first-order valence-corrected chi connectivity index (χ1v) is 8.61. The third-order valence-corrected chi connectivity index (χ3v) is 5.00. The van der Waals surface area contributed by atoms with Gasteiger partial charge in [0, 0.05) is 38.0 Å². The van der Waals surface area contributed by atoms with Crippen LogP contribution in [0.5, 0.6) is 11.5 Å². The summed E-state index contributed by atoms with van der Waals surface area (Å²) in [4.78, 5) is 2.19. The molecule has 136 valence electrons. The van der Waals surface area contributed by atoms with Crippen molar-refractivity contribution < 1.29 is 19.1 Å². The molecule has 0 amide bonds. The Morgan fingerprint density at radius 3 is 2.76 bits per heavy atom. The molecule has 3 rings (SSSR count). The van der Waals surface area contributed by atoms with Crippen molar-refractivity contribution in [3.8, 4) is 11.5 Å². The van der Waals surface area contributed by atoms with E-state index in [1.165, 1.54) is 0 Å². The van der Waals surface area contributed by atoms with Crippen LogP contribution in [0.4, 0.5) is 0 Å². The fourth-order valence-corrected chi connectivity index (χ4v) is 3.63. The molecule has 0 saturated carbocycles. The number of rotatable bonds is 6. The molecule has 7 heteroatoms. The SMILES string of the molecule is COc1ccc(CN2C[C@@H](Cc3cc(C)no3)[C@H](O)C2)c(Cl)c1OC. The van der Waals surface area contributed by atoms with E-state index in [2.05, 4.69) is 10.1 Å². The van der Waals surface area contributed by atoms with E-state index in [1.54, 1.807) is 14.2 Å². The van der Waals surface area contributed by atoms with Crippen LogP contribution in [0, 0.1) is 12.8 Å². The van der Waals surface area contributed by atoms with Gasteiger partial charge in [0.05, 0.1) is 31.0 Å². The molecule has 1 aliphatic heterocycles. The fraction of sp³-hybridized carbons (Fsp3) is 0.500. The van der Waals surface area contributed by atoms with Crippen LogP contribution in [0.2, 0.25) is 5.02 Å². The van der Waals surface area contributed by atoms with Crippen molar-refractivity contribution in [3.05, 3.63) is 40.2 Å². The molecule has 2 aromatic rings. The average molecular weight is 367 g/mol. The van der Waals surface area contributed by atoms with E-state index in [1.807, 2.05) is 25.1 Å². The van der Waals surface area contributed by atoms with Gasteiger partial charge in [0.15, 0.2) is 11.5 Å². The Labute approximate surface area is 152 Å². The summed E-state index contributed by atoms with van der Waals surface area (Å²) in [5, 5.41) is 14.8. The van der Waals surface area contributed by atoms with Crippen LogP contribution >= 0.6 is 11.6 Å². The number of nitrogens with zero attached hydrogens (tertiary/aromatic N) is 2. The zero-order valence-corrected chi connectivity index (χ0v) is 15.4. The molecule has 1 aromatic carbocycles. The maximum absolute atomic E-state index is 10.4. The van der Waals surface area contributed by atoms with Crippen molar-refractivity contribution in [3.63, 3.8) is 0 Å². The minimum atomic E-state index is -0.399. The molecule has 0 unspecified atom stereocenters. The lowest BCUT2D eigenvalue weighted by Gasteiger charge is -2.18. The summed E-state index contributed by atoms with van der Waals surface area (Å²) in [5.74, 6) is 2.07. The van der Waals surface area contributed by atoms with E-state index < -0.39 is 6.10 Å². The smallest absolute Gasteiger partial charge is 0.179 e. The molecule has 0 aliphatic carbocycles. The van der Waals surface area contributed by atoms with Gasteiger partial charge in [0.1, 0.15) is 5.76 Å². The first kappa shape index (κ1) is 18.0. The quantitative estimate of drug-likeness (QED) is 0.847. The normalized spacial score (nSPS) is 20.8. The minimum Gasteiger partial charge on any atom is -0.493 e. The highest BCUT2D eigenvalue weighted by molar-refractivity contribution is 6.33. The number of aliphatic hydroxyl groups excluding tert-OH is 1. The number of hydrogen-bond donors (Lipinski definition) is 1. The van der Waals surface area contributed by atoms with Crippen LogP contribution in [-0.2, 0) is 13.0 Å². The maximum atomic E-state index is 10.4. The van der Waals surface area contributed by atoms with Crippen LogP contribution in [0.1, 0.15) is 17.0 Å². The van der Waals surface area contributed by atoms with Crippen LogP contribution in [-0.4, -0.2) is 48.6 Å². The van der Waals surface area contributed by atoms with Crippen LogP contribution in [0.15, 0.2) is 22.7 Å². The Balaban J connectivity index is 1.68. The number of methoxy groups -OCH3 is 2. The number of aryl methyl sites for hydroxylation is 1. The molecule has 0 bridgehead atoms. The van der Waals surface area contributed by atoms with Crippen LogP contribution in [0.25, 0.3) is 0 Å². The molecule has 6 nitrogen and oxygen atoms in total. The van der Waals surface area contributed by atoms with E-state index in [4.69, 9.17) is 25.6 Å². The number of β-amino-alcohol motifs (C(OH)–C–C–N with tert-alkyl or cyclic N) is 1. The standard InChI is InChI=1S/C18H23ClN2O4/c1-11-6-14(25-20-11)7-13-9-21(10-15(13)22)8-12-4-5-16(23-2)18(24-3)17(12)19/h4-6,13,15,22H,7-10H2,1-3H3/t13-,15-/m1/s1. The Morgan fingerprint density at radius 2 is 2.12 bits per heavy atom. The van der Waals surface area contributed by atoms with Crippen molar-refractivity contribution in [2.45, 2.75) is 26.0 Å². The monoisotopic (exact) mass is 366 g/mol. The van der Waals surface area contributed by atoms with E-state index in [-0.39, 0.29) is 5.92 Å². The highest BCUT2D eigenvalue weighted by atomic mass is 35.5. The lowest BCUT2D eigenvalue weighted by Crippen LogP contribution is -2.21. The molecule has 1 saturated heterocycles. The molecule has 2 atom stereocenters. The number of ether oxygens (including phenoxy) is 2. The van der Waals surface area contributed by atoms with Gasteiger partial charge in [-0.2, -0.15) is 0 Å². The summed E-state index contributed by atoms with van der Waals surface area (Å²) in [7, 11) is 3.16. The number of benzene rings is 1. The van der Waals surface area contributed by atoms with Gasteiger partial charge in [-0.25, -0.2) is 0 Å². The summed E-state index contributed by atoms with van der Waals surface area (Å²) in [6.45, 7) is 3.90. The lowest BCUT2D eigenvalue weighted by molar-refractivity contribution is 0.137. The summed E-state index contributed by atoms with van der Waals surface area (Å²) >= 11 is 6.46. The van der Waals surface area contributed by atoms with Gasteiger partial charge in [-0.3, -0.25) is 4.90 Å². The van der Waals surface area contributed by atoms with Crippen molar-refractivity contribution in [1.82, 2.24) is 10.1 Å². The molecule has 1 fully saturated rings. The predicted octanol–water partition coefficient (Wildman–Crippen LogP) is 2.69. The second kappa shape index (κ2) is 7.64. The summed E-state index contributed by atoms with van der Waals surface area (Å²) in [6, 6.07) is 5.70. The van der Waals surface area contributed by atoms with Crippen molar-refractivity contribution in [1.29, 1.82) is 0 Å². The molecule has 2 heterocycles. The Morgan fingerprint density at radius 1 is 1.32 bits per heavy atom. The Kier molecular flexibility index (Phi) is 5.51. The van der Waals surface area contributed by atoms with Gasteiger partial charge in [-0.1, -0.05) is 22.8 Å². The zero-order chi connectivity index (χ0) is 18.0. The molecule has 1 aromatic heterocycles. The van der Waals surface area contributed by atoms with Crippen LogP contribution in [0.3, 0.4) is 0 Å². The van der Waals surface area contributed by atoms with Gasteiger partial charge in [-0.15, -0.1) is 0 Å². The fourth-order valence-electron chi connectivity index (χ4n) is 3.34. The molecule has 25 heavy (non-hydrogen) atoms. The number of likely N-dealkylation sites (tertiary alicyclic amines) is 1. The van der Waals surface area contributed by atoms with E-state index >= 15 is 0 Å². The number of aromatic nitrogens is 1. The first-order chi connectivity index (χ1) is 12.0. The maximum Gasteiger partial charge on any atom is 0.179 e. The van der Waals surface area contributed by atoms with E-state index in [0.29, 0.717) is 36.0 Å². The second-order valence-electron chi connectivity index (χ2n) is 6.43. The van der Waals surface area contributed by atoms with Gasteiger partial charge >= 0.3 is 0 Å². The third kappa shape index (κ3) is 3.92. The van der Waals surface area contributed by atoms with Gasteiger partial charge in [0.25, 0.3) is 0 Å². The van der Waals surface area contributed by atoms with Crippen molar-refractivity contribution >= 4 is 11.6 Å². The molecule has 1 aliphatic rings. The van der Waals surface area contributed by atoms with Crippen molar-refractivity contribution in [2.75, 3.05) is 27.3 Å². The predicted molar refractivity (Wildman–Crippen MR) is 94.3 cm³/mol. The van der Waals surface area contributed by atoms with E-state index in [0.717, 1.165) is 23.6 Å². The lowest BCUT2D eigenvalue weighted by atomic mass is 10.0. The summed E-state index contributed by atoms with van der Waals surface area (Å²) in [6.07, 6.45) is 0.280. The Bertz CT molecular complexity index is 734. The first-order valence-electron chi connectivity index (χ1n) is 8.23. The highest BCUT2D eigenvalue weighted by Crippen LogP contribution is 2.38. The topological polar surface area (TPSA) is 68.0 Å². The highest BCUT2D eigenvalue weighted by Gasteiger charge is 2.32. The average Bonchev–Trinajstić information content (AvgIpc) is 3.15. The zero-order valence-electron chi connectivity index (χ0n) is 14.7. The van der Waals surface area contributed by atoms with Gasteiger partial charge in [0.2, 0.25) is 0 Å². The molecule has 0 spiro atoms. The molecular weight excluding hydrogens is 344 g/mol. The van der Waals surface area contributed by atoms with Crippen molar-refractivity contribution in [2.24, 2.45) is 5.92 Å². The Hall–Kier alpha value is -1.76. The van der Waals surface area contributed by atoms with Gasteiger partial charge in [-0.05, 0) is 18.6 Å². The number of hydrogen-bond acceptors (Lipinski definition) is 6. The molecule has 0 radical (unpaired) electrons. The number of halogens is 1. The third-order valence-electron chi connectivity index (χ3n) is 4.58. The van der Waals surface area contributed by atoms with Gasteiger partial charge < -0.3 is 19.1 Å². The second-order valence-corrected chi connectivity index (χ2v) is 6.81. The minimum absolute atomic E-state index is 0.117. The van der Waals surface area contributed by atoms with Crippen LogP contribution < -0.4 is 9.47 Å².